The summed E-state index contributed by atoms with van der Waals surface area (Å²) in [5.74, 6) is 0.327. The first kappa shape index (κ1) is 13.1. The van der Waals surface area contributed by atoms with Crippen LogP contribution in [0.5, 0.6) is 0 Å². The van der Waals surface area contributed by atoms with Gasteiger partial charge in [-0.2, -0.15) is 5.10 Å². The molecule has 1 spiro atoms. The minimum absolute atomic E-state index is 0.101. The fourth-order valence-corrected chi connectivity index (χ4v) is 3.41. The topological polar surface area (TPSA) is 47.3 Å². The predicted octanol–water partition coefficient (Wildman–Crippen LogP) is 2.68. The molecular weight excluding hydrogens is 240 g/mol. The quantitative estimate of drug-likeness (QED) is 0.909. The Labute approximate surface area is 114 Å². The van der Waals surface area contributed by atoms with Crippen LogP contribution < -0.4 is 0 Å². The van der Waals surface area contributed by atoms with Gasteiger partial charge in [0.15, 0.2) is 0 Å². The molecule has 4 nitrogen and oxygen atoms in total. The summed E-state index contributed by atoms with van der Waals surface area (Å²) in [5, 5.41) is 14.9. The van der Waals surface area contributed by atoms with Gasteiger partial charge >= 0.3 is 0 Å². The normalized spacial score (nSPS) is 27.2. The zero-order chi connectivity index (χ0) is 13.3. The van der Waals surface area contributed by atoms with Crippen molar-refractivity contribution in [3.05, 3.63) is 18.0 Å². The summed E-state index contributed by atoms with van der Waals surface area (Å²) in [4.78, 5) is 0. The number of aryl methyl sites for hydroxylation is 1. The Bertz CT molecular complexity index is 426. The van der Waals surface area contributed by atoms with Crippen molar-refractivity contribution in [2.45, 2.75) is 63.7 Å². The number of hydrogen-bond donors (Lipinski definition) is 1. The average molecular weight is 264 g/mol. The lowest BCUT2D eigenvalue weighted by atomic mass is 9.70. The highest BCUT2D eigenvalue weighted by molar-refractivity contribution is 5.11. The first-order chi connectivity index (χ1) is 9.22. The van der Waals surface area contributed by atoms with E-state index in [4.69, 9.17) is 4.74 Å². The number of aliphatic hydroxyl groups is 1. The van der Waals surface area contributed by atoms with Crippen LogP contribution in [0.1, 0.15) is 57.1 Å². The van der Waals surface area contributed by atoms with Gasteiger partial charge in [-0.05, 0) is 44.4 Å². The molecule has 2 atom stereocenters. The monoisotopic (exact) mass is 264 g/mol. The number of ether oxygens (including phenoxy) is 1. The molecule has 0 amide bonds. The smallest absolute Gasteiger partial charge is 0.0850 e. The second kappa shape index (κ2) is 5.25. The van der Waals surface area contributed by atoms with Gasteiger partial charge in [-0.1, -0.05) is 6.92 Å². The van der Waals surface area contributed by atoms with Crippen LogP contribution in [0.3, 0.4) is 0 Å². The minimum atomic E-state index is -0.382. The van der Waals surface area contributed by atoms with Gasteiger partial charge < -0.3 is 9.84 Å². The van der Waals surface area contributed by atoms with Crippen LogP contribution in [0.15, 0.2) is 12.4 Å². The Morgan fingerprint density at radius 1 is 1.58 bits per heavy atom. The van der Waals surface area contributed by atoms with Gasteiger partial charge in [-0.3, -0.25) is 4.68 Å². The van der Waals surface area contributed by atoms with E-state index in [-0.39, 0.29) is 11.7 Å². The molecule has 1 saturated heterocycles. The molecule has 19 heavy (non-hydrogen) atoms. The van der Waals surface area contributed by atoms with E-state index in [0.717, 1.165) is 38.0 Å². The number of hydrogen-bond acceptors (Lipinski definition) is 3. The summed E-state index contributed by atoms with van der Waals surface area (Å²) in [6.45, 7) is 3.85. The van der Waals surface area contributed by atoms with E-state index in [2.05, 4.69) is 12.0 Å². The highest BCUT2D eigenvalue weighted by Gasteiger charge is 2.44. The molecule has 4 heteroatoms. The molecule has 2 heterocycles. The van der Waals surface area contributed by atoms with Gasteiger partial charge in [0.1, 0.15) is 0 Å². The van der Waals surface area contributed by atoms with Crippen LogP contribution in [0.25, 0.3) is 0 Å². The Hall–Kier alpha value is -0.870. The van der Waals surface area contributed by atoms with Gasteiger partial charge in [0.05, 0.1) is 17.9 Å². The molecule has 0 radical (unpaired) electrons. The molecule has 1 aromatic heterocycles. The van der Waals surface area contributed by atoms with E-state index in [1.807, 2.05) is 17.1 Å². The summed E-state index contributed by atoms with van der Waals surface area (Å²) in [7, 11) is 0. The lowest BCUT2D eigenvalue weighted by Gasteiger charge is -2.48. The molecule has 1 aliphatic heterocycles. The molecule has 0 aromatic carbocycles. The van der Waals surface area contributed by atoms with Crippen LogP contribution in [0.2, 0.25) is 0 Å². The third-order valence-electron chi connectivity index (χ3n) is 4.69. The van der Waals surface area contributed by atoms with Crippen LogP contribution in [0.4, 0.5) is 0 Å². The Morgan fingerprint density at radius 3 is 3.11 bits per heavy atom. The number of aliphatic hydroxyl groups excluding tert-OH is 1. The van der Waals surface area contributed by atoms with Crippen LogP contribution >= 0.6 is 0 Å². The summed E-state index contributed by atoms with van der Waals surface area (Å²) in [6, 6.07) is 0. The maximum absolute atomic E-state index is 10.6. The fourth-order valence-electron chi connectivity index (χ4n) is 3.41. The number of nitrogens with zero attached hydrogens (tertiary/aromatic N) is 2. The lowest BCUT2D eigenvalue weighted by molar-refractivity contribution is -0.157. The van der Waals surface area contributed by atoms with Gasteiger partial charge in [0, 0.05) is 24.9 Å². The van der Waals surface area contributed by atoms with Gasteiger partial charge in [-0.25, -0.2) is 0 Å². The fraction of sp³-hybridized carbons (Fsp3) is 0.800. The first-order valence-corrected chi connectivity index (χ1v) is 7.57. The van der Waals surface area contributed by atoms with E-state index in [0.29, 0.717) is 5.92 Å². The van der Waals surface area contributed by atoms with Crippen LogP contribution in [-0.2, 0) is 11.3 Å². The summed E-state index contributed by atoms with van der Waals surface area (Å²) in [6.07, 6.45) is 10.1. The highest BCUT2D eigenvalue weighted by atomic mass is 16.5. The summed E-state index contributed by atoms with van der Waals surface area (Å²) in [5.41, 5.74) is 1.07. The largest absolute Gasteiger partial charge is 0.388 e. The molecule has 1 aliphatic carbocycles. The summed E-state index contributed by atoms with van der Waals surface area (Å²) < 4.78 is 7.86. The van der Waals surface area contributed by atoms with Crippen LogP contribution in [0, 0.1) is 5.92 Å². The maximum atomic E-state index is 10.6. The first-order valence-electron chi connectivity index (χ1n) is 7.57. The van der Waals surface area contributed by atoms with Crippen molar-refractivity contribution in [2.24, 2.45) is 5.92 Å². The molecule has 2 fully saturated rings. The van der Waals surface area contributed by atoms with E-state index in [1.54, 1.807) is 0 Å². The Morgan fingerprint density at radius 2 is 2.42 bits per heavy atom. The van der Waals surface area contributed by atoms with Gasteiger partial charge in [0.2, 0.25) is 0 Å². The van der Waals surface area contributed by atoms with Crippen molar-refractivity contribution in [3.63, 3.8) is 0 Å². The second-order valence-electron chi connectivity index (χ2n) is 6.12. The molecule has 2 unspecified atom stereocenters. The van der Waals surface area contributed by atoms with E-state index >= 15 is 0 Å². The highest BCUT2D eigenvalue weighted by Crippen LogP contribution is 2.47. The minimum Gasteiger partial charge on any atom is -0.388 e. The lowest BCUT2D eigenvalue weighted by Crippen LogP contribution is -2.46. The predicted molar refractivity (Wildman–Crippen MR) is 72.7 cm³/mol. The third kappa shape index (κ3) is 2.56. The van der Waals surface area contributed by atoms with Crippen molar-refractivity contribution in [1.29, 1.82) is 0 Å². The molecule has 106 valence electrons. The maximum Gasteiger partial charge on any atom is 0.0850 e. The molecule has 1 aromatic rings. The molecular formula is C15H24N2O2. The zero-order valence-corrected chi connectivity index (χ0v) is 11.7. The Kier molecular flexibility index (Phi) is 3.63. The van der Waals surface area contributed by atoms with Crippen molar-refractivity contribution in [1.82, 2.24) is 9.78 Å². The van der Waals surface area contributed by atoms with E-state index in [9.17, 15) is 5.11 Å². The van der Waals surface area contributed by atoms with Crippen molar-refractivity contribution in [3.8, 4) is 0 Å². The molecule has 0 bridgehead atoms. The van der Waals surface area contributed by atoms with Crippen molar-refractivity contribution in [2.75, 3.05) is 6.61 Å². The Balaban J connectivity index is 1.66. The van der Waals surface area contributed by atoms with Gasteiger partial charge in [0.25, 0.3) is 0 Å². The number of rotatable bonds is 4. The SMILES string of the molecule is CCCn1cc(C(O)C2CCOC3(CCC3)C2)cn1. The number of aromatic nitrogens is 2. The van der Waals surface area contributed by atoms with Crippen LogP contribution in [-0.4, -0.2) is 27.1 Å². The summed E-state index contributed by atoms with van der Waals surface area (Å²) >= 11 is 0. The van der Waals surface area contributed by atoms with Crippen molar-refractivity contribution >= 4 is 0 Å². The molecule has 2 aliphatic rings. The van der Waals surface area contributed by atoms with Gasteiger partial charge in [-0.15, -0.1) is 0 Å². The molecule has 3 rings (SSSR count). The standard InChI is InChI=1S/C15H24N2O2/c1-2-7-17-11-13(10-16-17)14(18)12-4-8-19-15(9-12)5-3-6-15/h10-12,14,18H,2-9H2,1H3. The van der Waals surface area contributed by atoms with E-state index < -0.39 is 0 Å². The molecule has 1 N–H and O–H groups in total. The van der Waals surface area contributed by atoms with E-state index in [1.165, 1.54) is 19.3 Å². The second-order valence-corrected chi connectivity index (χ2v) is 6.12. The van der Waals surface area contributed by atoms with Crippen molar-refractivity contribution < 1.29 is 9.84 Å². The third-order valence-corrected chi connectivity index (χ3v) is 4.69. The molecule has 1 saturated carbocycles. The average Bonchev–Trinajstić information content (AvgIpc) is 2.85. The zero-order valence-electron chi connectivity index (χ0n) is 11.7.